The van der Waals surface area contributed by atoms with Crippen LogP contribution in [0.15, 0.2) is 60.8 Å². The predicted octanol–water partition coefficient (Wildman–Crippen LogP) is 4.71. The average molecular weight is 363 g/mol. The van der Waals surface area contributed by atoms with Gasteiger partial charge in [-0.25, -0.2) is 0 Å². The van der Waals surface area contributed by atoms with Crippen LogP contribution in [0.1, 0.15) is 58.3 Å². The Balaban J connectivity index is 3.69. The molecule has 0 saturated carbocycles. The first kappa shape index (κ1) is 24.1. The summed E-state index contributed by atoms with van der Waals surface area (Å²) in [5, 5.41) is 27.7. The number of aliphatic hydroxyl groups is 2. The molecule has 0 spiro atoms. The van der Waals surface area contributed by atoms with Gasteiger partial charge in [0.05, 0.1) is 12.2 Å². The van der Waals surface area contributed by atoms with Crippen molar-refractivity contribution >= 4 is 5.97 Å². The molecule has 4 nitrogen and oxygen atoms in total. The van der Waals surface area contributed by atoms with Gasteiger partial charge in [-0.15, -0.1) is 0 Å². The molecule has 2 unspecified atom stereocenters. The van der Waals surface area contributed by atoms with Crippen LogP contribution >= 0.6 is 0 Å². The lowest BCUT2D eigenvalue weighted by Crippen LogP contribution is -1.98. The van der Waals surface area contributed by atoms with Gasteiger partial charge in [-0.2, -0.15) is 0 Å². The summed E-state index contributed by atoms with van der Waals surface area (Å²) in [6, 6.07) is 0. The molecule has 0 amide bonds. The van der Waals surface area contributed by atoms with Gasteiger partial charge in [0.15, 0.2) is 0 Å². The van der Waals surface area contributed by atoms with Gasteiger partial charge in [-0.3, -0.25) is 4.79 Å². The van der Waals surface area contributed by atoms with Gasteiger partial charge in [0.25, 0.3) is 0 Å². The van der Waals surface area contributed by atoms with Crippen LogP contribution in [0.5, 0.6) is 0 Å². The van der Waals surface area contributed by atoms with Gasteiger partial charge < -0.3 is 15.3 Å². The molecule has 0 bridgehead atoms. The second-order valence-electron chi connectivity index (χ2n) is 6.10. The van der Waals surface area contributed by atoms with Crippen molar-refractivity contribution in [1.82, 2.24) is 0 Å². The Kier molecular flexibility index (Phi) is 16.6. The lowest BCUT2D eigenvalue weighted by Gasteiger charge is -1.99. The number of carbonyl (C=O) groups is 1. The first-order chi connectivity index (χ1) is 12.6. The molecule has 0 radical (unpaired) electrons. The van der Waals surface area contributed by atoms with Gasteiger partial charge in [0.2, 0.25) is 0 Å². The zero-order chi connectivity index (χ0) is 19.5. The number of carboxylic acids is 1. The fourth-order valence-electron chi connectivity index (χ4n) is 2.07. The molecular weight excluding hydrogens is 328 g/mol. The summed E-state index contributed by atoms with van der Waals surface area (Å²) in [5.74, 6) is -0.720. The number of aliphatic carboxylic acids is 1. The minimum Gasteiger partial charge on any atom is -0.481 e. The fourth-order valence-corrected chi connectivity index (χ4v) is 2.07. The summed E-state index contributed by atoms with van der Waals surface area (Å²) in [6.45, 7) is 1.92. The van der Waals surface area contributed by atoms with E-state index in [4.69, 9.17) is 5.11 Å². The van der Waals surface area contributed by atoms with Crippen molar-refractivity contribution in [2.75, 3.05) is 0 Å². The highest BCUT2D eigenvalue weighted by atomic mass is 16.4. The Labute approximate surface area is 157 Å². The van der Waals surface area contributed by atoms with Crippen molar-refractivity contribution in [2.45, 2.75) is 70.5 Å². The molecule has 26 heavy (non-hydrogen) atoms. The number of carboxylic acid groups (broad SMARTS) is 1. The average Bonchev–Trinajstić information content (AvgIpc) is 2.61. The number of hydrogen-bond donors (Lipinski definition) is 3. The molecule has 0 aliphatic heterocycles. The Morgan fingerprint density at radius 2 is 1.50 bits per heavy atom. The first-order valence-electron chi connectivity index (χ1n) is 9.45. The summed E-state index contributed by atoms with van der Waals surface area (Å²) in [4.78, 5) is 10.4. The van der Waals surface area contributed by atoms with Crippen molar-refractivity contribution in [3.05, 3.63) is 60.8 Å². The highest BCUT2D eigenvalue weighted by Gasteiger charge is 1.95. The summed E-state index contributed by atoms with van der Waals surface area (Å²) in [6.07, 6.45) is 24.1. The first-order valence-corrected chi connectivity index (χ1v) is 9.45. The summed E-state index contributed by atoms with van der Waals surface area (Å²) >= 11 is 0. The van der Waals surface area contributed by atoms with Gasteiger partial charge in [-0.1, -0.05) is 74.1 Å². The Hall–Kier alpha value is -1.91. The molecule has 3 N–H and O–H groups in total. The van der Waals surface area contributed by atoms with Gasteiger partial charge >= 0.3 is 5.97 Å². The van der Waals surface area contributed by atoms with Crippen LogP contribution in [0.4, 0.5) is 0 Å². The summed E-state index contributed by atoms with van der Waals surface area (Å²) in [5.41, 5.74) is 0. The van der Waals surface area contributed by atoms with Gasteiger partial charge in [0, 0.05) is 6.42 Å². The molecule has 0 aromatic heterocycles. The molecule has 0 aromatic rings. The quantitative estimate of drug-likeness (QED) is 0.224. The zero-order valence-corrected chi connectivity index (χ0v) is 15.8. The molecule has 0 fully saturated rings. The minimum atomic E-state index is -0.720. The highest BCUT2D eigenvalue weighted by Crippen LogP contribution is 2.04. The van der Waals surface area contributed by atoms with Gasteiger partial charge in [-0.05, 0) is 38.5 Å². The largest absolute Gasteiger partial charge is 0.481 e. The van der Waals surface area contributed by atoms with Crippen LogP contribution in [0.3, 0.4) is 0 Å². The predicted molar refractivity (Wildman–Crippen MR) is 108 cm³/mol. The topological polar surface area (TPSA) is 77.8 Å². The van der Waals surface area contributed by atoms with Crippen molar-refractivity contribution in [1.29, 1.82) is 0 Å². The number of unbranched alkanes of at least 4 members (excludes halogenated alkanes) is 3. The fraction of sp³-hybridized carbons (Fsp3) is 0.500. The SMILES string of the molecule is CCC(O)C=CC=CC=CC(O)CC=CCC=CCCCCCC(=O)O. The zero-order valence-electron chi connectivity index (χ0n) is 15.8. The van der Waals surface area contributed by atoms with E-state index >= 15 is 0 Å². The van der Waals surface area contributed by atoms with Crippen molar-refractivity contribution in [3.63, 3.8) is 0 Å². The van der Waals surface area contributed by atoms with E-state index < -0.39 is 18.2 Å². The van der Waals surface area contributed by atoms with Crippen LogP contribution in [0, 0.1) is 0 Å². The Morgan fingerprint density at radius 1 is 0.846 bits per heavy atom. The lowest BCUT2D eigenvalue weighted by molar-refractivity contribution is -0.137. The summed E-state index contributed by atoms with van der Waals surface area (Å²) < 4.78 is 0. The van der Waals surface area contributed by atoms with E-state index in [-0.39, 0.29) is 6.42 Å². The third-order valence-electron chi connectivity index (χ3n) is 3.66. The van der Waals surface area contributed by atoms with Crippen LogP contribution in [-0.4, -0.2) is 33.5 Å². The maximum atomic E-state index is 10.4. The van der Waals surface area contributed by atoms with Crippen LogP contribution in [0.2, 0.25) is 0 Å². The van der Waals surface area contributed by atoms with Crippen LogP contribution < -0.4 is 0 Å². The van der Waals surface area contributed by atoms with Crippen molar-refractivity contribution in [2.24, 2.45) is 0 Å². The third kappa shape index (κ3) is 18.4. The van der Waals surface area contributed by atoms with Gasteiger partial charge in [0.1, 0.15) is 0 Å². The second kappa shape index (κ2) is 17.9. The smallest absolute Gasteiger partial charge is 0.303 e. The molecule has 0 heterocycles. The molecule has 0 aliphatic carbocycles. The molecule has 0 aromatic carbocycles. The molecule has 4 heteroatoms. The van der Waals surface area contributed by atoms with Crippen LogP contribution in [-0.2, 0) is 4.79 Å². The monoisotopic (exact) mass is 362 g/mol. The standard InChI is InChI=1S/C22H34O4/c1-2-20(23)16-12-10-11-14-18-21(24)17-13-8-6-4-3-5-7-9-15-19-22(25)26/h3-4,8,10-14,16,18,20-21,23-24H,2,5-7,9,15,17,19H2,1H3,(H,25,26). The molecule has 0 saturated heterocycles. The number of allylic oxidation sites excluding steroid dienone is 7. The minimum absolute atomic E-state index is 0.262. The summed E-state index contributed by atoms with van der Waals surface area (Å²) in [7, 11) is 0. The van der Waals surface area contributed by atoms with E-state index in [1.165, 1.54) is 0 Å². The lowest BCUT2D eigenvalue weighted by atomic mass is 10.1. The Morgan fingerprint density at radius 3 is 2.15 bits per heavy atom. The molecule has 146 valence electrons. The van der Waals surface area contributed by atoms with E-state index in [0.717, 1.165) is 32.1 Å². The molecular formula is C22H34O4. The van der Waals surface area contributed by atoms with E-state index in [0.29, 0.717) is 12.8 Å². The normalized spacial score (nSPS) is 15.2. The Bertz CT molecular complexity index is 486. The van der Waals surface area contributed by atoms with E-state index in [9.17, 15) is 15.0 Å². The second-order valence-corrected chi connectivity index (χ2v) is 6.10. The van der Waals surface area contributed by atoms with Crippen molar-refractivity contribution in [3.8, 4) is 0 Å². The third-order valence-corrected chi connectivity index (χ3v) is 3.66. The number of aliphatic hydroxyl groups excluding tert-OH is 2. The van der Waals surface area contributed by atoms with E-state index in [2.05, 4.69) is 12.2 Å². The molecule has 0 rings (SSSR count). The van der Waals surface area contributed by atoms with E-state index in [1.54, 1.807) is 24.3 Å². The highest BCUT2D eigenvalue weighted by molar-refractivity contribution is 5.66. The number of rotatable bonds is 15. The van der Waals surface area contributed by atoms with E-state index in [1.807, 2.05) is 31.2 Å². The molecule has 0 aliphatic rings. The van der Waals surface area contributed by atoms with Crippen LogP contribution in [0.25, 0.3) is 0 Å². The van der Waals surface area contributed by atoms with Crippen molar-refractivity contribution < 1.29 is 20.1 Å². The maximum Gasteiger partial charge on any atom is 0.303 e. The molecule has 2 atom stereocenters. The number of hydrogen-bond acceptors (Lipinski definition) is 3. The maximum absolute atomic E-state index is 10.4.